The van der Waals surface area contributed by atoms with Crippen LogP contribution in [0.5, 0.6) is 0 Å². The van der Waals surface area contributed by atoms with E-state index >= 15 is 0 Å². The summed E-state index contributed by atoms with van der Waals surface area (Å²) in [7, 11) is 1.60. The zero-order chi connectivity index (χ0) is 15.9. The Kier molecular flexibility index (Phi) is 3.39. The van der Waals surface area contributed by atoms with Gasteiger partial charge in [-0.1, -0.05) is 18.6 Å². The third-order valence-corrected chi connectivity index (χ3v) is 4.72. The first-order valence-corrected chi connectivity index (χ1v) is 7.32. The van der Waals surface area contributed by atoms with Crippen LogP contribution in [-0.2, 0) is 19.8 Å². The fraction of sp³-hybridized carbons (Fsp3) is 0.438. The van der Waals surface area contributed by atoms with E-state index in [4.69, 9.17) is 0 Å². The molecule has 6 heteroatoms. The van der Waals surface area contributed by atoms with Gasteiger partial charge in [-0.3, -0.25) is 14.4 Å². The van der Waals surface area contributed by atoms with Crippen molar-refractivity contribution in [1.82, 2.24) is 4.90 Å². The lowest BCUT2D eigenvalue weighted by Gasteiger charge is -2.39. The number of nitrogens with zero attached hydrogens (tertiary/aromatic N) is 2. The number of aliphatic carboxylic acids is 1. The lowest BCUT2D eigenvalue weighted by atomic mass is 9.64. The molecule has 2 fully saturated rings. The van der Waals surface area contributed by atoms with Gasteiger partial charge in [-0.2, -0.15) is 0 Å². The molecule has 1 saturated heterocycles. The first kappa shape index (κ1) is 14.6. The highest BCUT2D eigenvalue weighted by atomic mass is 16.4. The Labute approximate surface area is 128 Å². The van der Waals surface area contributed by atoms with Crippen LogP contribution in [0.15, 0.2) is 24.3 Å². The number of hydrogen-bond donors (Lipinski definition) is 1. The van der Waals surface area contributed by atoms with Gasteiger partial charge >= 0.3 is 5.97 Å². The highest BCUT2D eigenvalue weighted by molar-refractivity contribution is 6.04. The maximum absolute atomic E-state index is 12.1. The minimum atomic E-state index is -0.838. The largest absolute Gasteiger partial charge is 0.481 e. The van der Waals surface area contributed by atoms with Gasteiger partial charge in [-0.05, 0) is 30.5 Å². The summed E-state index contributed by atoms with van der Waals surface area (Å²) in [6, 6.07) is 7.03. The Morgan fingerprint density at radius 2 is 1.91 bits per heavy atom. The third-order valence-electron chi connectivity index (χ3n) is 4.72. The molecule has 1 aromatic rings. The quantitative estimate of drug-likeness (QED) is 0.903. The highest BCUT2D eigenvalue weighted by Crippen LogP contribution is 2.44. The second-order valence-corrected chi connectivity index (χ2v) is 6.02. The van der Waals surface area contributed by atoms with Crippen molar-refractivity contribution in [3.8, 4) is 0 Å². The molecule has 1 N–H and O–H groups in total. The highest BCUT2D eigenvalue weighted by Gasteiger charge is 2.46. The molecule has 6 nitrogen and oxygen atoms in total. The zero-order valence-corrected chi connectivity index (χ0v) is 12.4. The van der Waals surface area contributed by atoms with Crippen molar-refractivity contribution in [2.75, 3.05) is 25.0 Å². The first-order chi connectivity index (χ1) is 10.4. The molecule has 2 aliphatic rings. The molecule has 1 aromatic carbocycles. The Morgan fingerprint density at radius 3 is 2.50 bits per heavy atom. The molecule has 0 bridgehead atoms. The van der Waals surface area contributed by atoms with E-state index in [1.807, 2.05) is 0 Å². The number of benzene rings is 1. The van der Waals surface area contributed by atoms with E-state index in [1.165, 1.54) is 9.80 Å². The van der Waals surface area contributed by atoms with Crippen molar-refractivity contribution in [2.45, 2.75) is 24.7 Å². The standard InChI is InChI=1S/C16H18N2O4/c1-17-9-14(20)18(10-13(17)19)12-5-2-4-11(8-12)16(15(21)22)6-3-7-16/h2,4-5,8H,3,6-7,9-10H2,1H3,(H,21,22). The fourth-order valence-electron chi connectivity index (χ4n) is 3.08. The van der Waals surface area contributed by atoms with E-state index in [1.54, 1.807) is 31.3 Å². The molecule has 2 amide bonds. The van der Waals surface area contributed by atoms with Gasteiger partial charge in [0, 0.05) is 12.7 Å². The molecule has 116 valence electrons. The summed E-state index contributed by atoms with van der Waals surface area (Å²) in [5, 5.41) is 9.53. The molecule has 1 saturated carbocycles. The number of rotatable bonds is 3. The van der Waals surface area contributed by atoms with E-state index in [-0.39, 0.29) is 24.9 Å². The van der Waals surface area contributed by atoms with Gasteiger partial charge in [0.2, 0.25) is 11.8 Å². The van der Waals surface area contributed by atoms with E-state index in [2.05, 4.69) is 0 Å². The Hall–Kier alpha value is -2.37. The topological polar surface area (TPSA) is 77.9 Å². The number of carboxylic acids is 1. The van der Waals surface area contributed by atoms with E-state index in [0.29, 0.717) is 24.1 Å². The number of piperazine rings is 1. The third kappa shape index (κ3) is 2.15. The summed E-state index contributed by atoms with van der Waals surface area (Å²) < 4.78 is 0. The Morgan fingerprint density at radius 1 is 1.18 bits per heavy atom. The van der Waals surface area contributed by atoms with Gasteiger partial charge in [-0.25, -0.2) is 0 Å². The molecule has 22 heavy (non-hydrogen) atoms. The van der Waals surface area contributed by atoms with Crippen molar-refractivity contribution in [2.24, 2.45) is 0 Å². The van der Waals surface area contributed by atoms with Crippen LogP contribution in [0.4, 0.5) is 5.69 Å². The van der Waals surface area contributed by atoms with Gasteiger partial charge < -0.3 is 14.9 Å². The molecule has 3 rings (SSSR count). The summed E-state index contributed by atoms with van der Waals surface area (Å²) in [5.41, 5.74) is 0.467. The molecule has 0 spiro atoms. The lowest BCUT2D eigenvalue weighted by molar-refractivity contribution is -0.147. The van der Waals surface area contributed by atoms with Gasteiger partial charge in [0.05, 0.1) is 12.0 Å². The molecule has 1 aliphatic heterocycles. The van der Waals surface area contributed by atoms with Crippen LogP contribution in [0, 0.1) is 0 Å². The molecule has 0 aromatic heterocycles. The van der Waals surface area contributed by atoms with E-state index < -0.39 is 11.4 Å². The van der Waals surface area contributed by atoms with Crippen LogP contribution in [-0.4, -0.2) is 47.9 Å². The van der Waals surface area contributed by atoms with Gasteiger partial charge in [0.25, 0.3) is 0 Å². The predicted molar refractivity (Wildman–Crippen MR) is 79.6 cm³/mol. The maximum atomic E-state index is 12.1. The monoisotopic (exact) mass is 302 g/mol. The number of amides is 2. The zero-order valence-electron chi connectivity index (χ0n) is 12.4. The summed E-state index contributed by atoms with van der Waals surface area (Å²) in [5.74, 6) is -1.10. The molecule has 0 atom stereocenters. The van der Waals surface area contributed by atoms with Gasteiger partial charge in [-0.15, -0.1) is 0 Å². The van der Waals surface area contributed by atoms with Crippen LogP contribution < -0.4 is 4.90 Å². The second-order valence-electron chi connectivity index (χ2n) is 6.02. The number of carbonyl (C=O) groups is 3. The summed E-state index contributed by atoms with van der Waals surface area (Å²) in [6.45, 7) is 0.0476. The number of likely N-dealkylation sites (N-methyl/N-ethyl adjacent to an activating group) is 1. The van der Waals surface area contributed by atoms with Crippen LogP contribution in [0.25, 0.3) is 0 Å². The van der Waals surface area contributed by atoms with Crippen LogP contribution in [0.2, 0.25) is 0 Å². The average Bonchev–Trinajstić information content (AvgIpc) is 2.41. The van der Waals surface area contributed by atoms with Crippen LogP contribution in [0.3, 0.4) is 0 Å². The maximum Gasteiger partial charge on any atom is 0.314 e. The Balaban J connectivity index is 1.93. The smallest absolute Gasteiger partial charge is 0.314 e. The normalized spacial score (nSPS) is 20.8. The number of hydrogen-bond acceptors (Lipinski definition) is 3. The minimum absolute atomic E-state index is 0.00113. The minimum Gasteiger partial charge on any atom is -0.481 e. The molecular formula is C16H18N2O4. The van der Waals surface area contributed by atoms with Crippen molar-refractivity contribution in [3.05, 3.63) is 29.8 Å². The number of carbonyl (C=O) groups excluding carboxylic acids is 2. The first-order valence-electron chi connectivity index (χ1n) is 7.32. The van der Waals surface area contributed by atoms with Crippen molar-refractivity contribution in [1.29, 1.82) is 0 Å². The second kappa shape index (κ2) is 5.12. The SMILES string of the molecule is CN1CC(=O)N(c2cccc(C3(C(=O)O)CCC3)c2)CC1=O. The van der Waals surface area contributed by atoms with Crippen molar-refractivity contribution < 1.29 is 19.5 Å². The summed E-state index contributed by atoms with van der Waals surface area (Å²) in [4.78, 5) is 38.4. The average molecular weight is 302 g/mol. The van der Waals surface area contributed by atoms with Crippen molar-refractivity contribution in [3.63, 3.8) is 0 Å². The van der Waals surface area contributed by atoms with E-state index in [9.17, 15) is 19.5 Å². The number of anilines is 1. The number of carboxylic acid groups (broad SMARTS) is 1. The van der Waals surface area contributed by atoms with Gasteiger partial charge in [0.1, 0.15) is 6.54 Å². The van der Waals surface area contributed by atoms with Crippen LogP contribution >= 0.6 is 0 Å². The molecule has 1 aliphatic carbocycles. The summed E-state index contributed by atoms with van der Waals surface area (Å²) >= 11 is 0. The molecule has 0 radical (unpaired) electrons. The molecular weight excluding hydrogens is 284 g/mol. The molecule has 1 heterocycles. The predicted octanol–water partition coefficient (Wildman–Crippen LogP) is 0.998. The Bertz CT molecular complexity index is 651. The lowest BCUT2D eigenvalue weighted by Crippen LogP contribution is -2.52. The van der Waals surface area contributed by atoms with E-state index in [0.717, 1.165) is 6.42 Å². The van der Waals surface area contributed by atoms with Gasteiger partial charge in [0.15, 0.2) is 0 Å². The summed E-state index contributed by atoms with van der Waals surface area (Å²) in [6.07, 6.45) is 2.12. The van der Waals surface area contributed by atoms with Crippen LogP contribution in [0.1, 0.15) is 24.8 Å². The molecule has 0 unspecified atom stereocenters. The fourth-order valence-corrected chi connectivity index (χ4v) is 3.08. The van der Waals surface area contributed by atoms with Crippen molar-refractivity contribution >= 4 is 23.5 Å².